The van der Waals surface area contributed by atoms with E-state index in [4.69, 9.17) is 23.8 Å². The molecule has 70 valence electrons. The number of nitrogens with one attached hydrogen (secondary N) is 2. The molecule has 4 nitrogen and oxygen atoms in total. The molecule has 0 unspecified atom stereocenters. The Kier molecular flexibility index (Phi) is 3.85. The van der Waals surface area contributed by atoms with E-state index >= 15 is 0 Å². The molecule has 13 heavy (non-hydrogen) atoms. The van der Waals surface area contributed by atoms with Gasteiger partial charge in [-0.25, -0.2) is 0 Å². The number of rotatable bonds is 2. The lowest BCUT2D eigenvalue weighted by Gasteiger charge is -2.06. The lowest BCUT2D eigenvalue weighted by atomic mass is 10.5. The molecule has 0 aliphatic rings. The quantitative estimate of drug-likeness (QED) is 0.733. The van der Waals surface area contributed by atoms with Crippen LogP contribution in [0.15, 0.2) is 12.1 Å². The summed E-state index contributed by atoms with van der Waals surface area (Å²) in [6.07, 6.45) is 0. The molecule has 0 bridgehead atoms. The molecule has 0 fully saturated rings. The van der Waals surface area contributed by atoms with Crippen LogP contribution in [0.2, 0.25) is 5.15 Å². The van der Waals surface area contributed by atoms with Crippen LogP contribution in [0.4, 0.5) is 5.82 Å². The van der Waals surface area contributed by atoms with Gasteiger partial charge in [-0.2, -0.15) is 0 Å². The summed E-state index contributed by atoms with van der Waals surface area (Å²) in [7, 11) is 0. The Morgan fingerprint density at radius 2 is 2.31 bits per heavy atom. The molecule has 0 aromatic carbocycles. The van der Waals surface area contributed by atoms with Gasteiger partial charge in [0.25, 0.3) is 0 Å². The fourth-order valence-corrected chi connectivity index (χ4v) is 1.05. The summed E-state index contributed by atoms with van der Waals surface area (Å²) in [5.74, 6) is 0.579. The monoisotopic (exact) mass is 216 g/mol. The minimum atomic E-state index is 0.361. The third-order valence-electron chi connectivity index (χ3n) is 1.21. The van der Waals surface area contributed by atoms with Gasteiger partial charge in [0.05, 0.1) is 0 Å². The highest BCUT2D eigenvalue weighted by Crippen LogP contribution is 2.05. The number of hydrogen-bond acceptors (Lipinski definition) is 3. The fraction of sp³-hybridized carbons (Fsp3) is 0.286. The van der Waals surface area contributed by atoms with Gasteiger partial charge in [-0.15, -0.1) is 10.2 Å². The van der Waals surface area contributed by atoms with Crippen LogP contribution in [0, 0.1) is 0 Å². The fourth-order valence-electron chi connectivity index (χ4n) is 0.704. The number of hydrogen-bond donors (Lipinski definition) is 2. The van der Waals surface area contributed by atoms with E-state index in [0.29, 0.717) is 16.1 Å². The van der Waals surface area contributed by atoms with Crippen LogP contribution in [0.1, 0.15) is 6.92 Å². The van der Waals surface area contributed by atoms with Crippen LogP contribution >= 0.6 is 23.8 Å². The van der Waals surface area contributed by atoms with Gasteiger partial charge in [0.15, 0.2) is 16.1 Å². The van der Waals surface area contributed by atoms with Crippen molar-refractivity contribution in [3.63, 3.8) is 0 Å². The topological polar surface area (TPSA) is 49.8 Å². The van der Waals surface area contributed by atoms with Crippen molar-refractivity contribution in [2.24, 2.45) is 0 Å². The van der Waals surface area contributed by atoms with Gasteiger partial charge in [0.1, 0.15) is 0 Å². The second kappa shape index (κ2) is 4.94. The van der Waals surface area contributed by atoms with Crippen molar-refractivity contribution < 1.29 is 0 Å². The van der Waals surface area contributed by atoms with Gasteiger partial charge >= 0.3 is 0 Å². The first kappa shape index (κ1) is 10.1. The lowest BCUT2D eigenvalue weighted by Crippen LogP contribution is -2.28. The molecule has 0 atom stereocenters. The molecule has 0 amide bonds. The molecular weight excluding hydrogens is 208 g/mol. The molecule has 0 aliphatic carbocycles. The van der Waals surface area contributed by atoms with Crippen LogP contribution < -0.4 is 10.6 Å². The number of aromatic nitrogens is 2. The molecule has 0 saturated heterocycles. The minimum Gasteiger partial charge on any atom is -0.363 e. The smallest absolute Gasteiger partial charge is 0.171 e. The zero-order valence-corrected chi connectivity index (χ0v) is 8.61. The van der Waals surface area contributed by atoms with Crippen molar-refractivity contribution in [3.8, 4) is 0 Å². The first-order valence-electron chi connectivity index (χ1n) is 3.76. The predicted octanol–water partition coefficient (Wildman–Crippen LogP) is 1.44. The summed E-state index contributed by atoms with van der Waals surface area (Å²) >= 11 is 10.5. The average molecular weight is 217 g/mol. The summed E-state index contributed by atoms with van der Waals surface area (Å²) in [6, 6.07) is 3.35. The summed E-state index contributed by atoms with van der Waals surface area (Å²) < 4.78 is 0. The third-order valence-corrected chi connectivity index (χ3v) is 1.66. The number of anilines is 1. The van der Waals surface area contributed by atoms with Crippen molar-refractivity contribution in [2.45, 2.75) is 6.92 Å². The van der Waals surface area contributed by atoms with Crippen LogP contribution in [-0.4, -0.2) is 21.9 Å². The zero-order chi connectivity index (χ0) is 9.68. The summed E-state index contributed by atoms with van der Waals surface area (Å²) in [6.45, 7) is 2.73. The summed E-state index contributed by atoms with van der Waals surface area (Å²) in [5, 5.41) is 14.1. The largest absolute Gasteiger partial charge is 0.363 e. The number of nitrogens with zero attached hydrogens (tertiary/aromatic N) is 2. The number of halogens is 1. The normalized spacial score (nSPS) is 9.38. The van der Waals surface area contributed by atoms with E-state index in [0.717, 1.165) is 6.54 Å². The predicted molar refractivity (Wildman–Crippen MR) is 56.9 cm³/mol. The van der Waals surface area contributed by atoms with Crippen LogP contribution in [-0.2, 0) is 0 Å². The van der Waals surface area contributed by atoms with Crippen molar-refractivity contribution in [2.75, 3.05) is 11.9 Å². The van der Waals surface area contributed by atoms with Crippen LogP contribution in [0.5, 0.6) is 0 Å². The van der Waals surface area contributed by atoms with E-state index in [2.05, 4.69) is 20.8 Å². The van der Waals surface area contributed by atoms with Gasteiger partial charge in [-0.05, 0) is 31.3 Å². The van der Waals surface area contributed by atoms with Gasteiger partial charge in [0, 0.05) is 6.54 Å². The maximum Gasteiger partial charge on any atom is 0.171 e. The molecule has 0 spiro atoms. The summed E-state index contributed by atoms with van der Waals surface area (Å²) in [5.41, 5.74) is 0. The molecule has 6 heteroatoms. The summed E-state index contributed by atoms with van der Waals surface area (Å²) in [4.78, 5) is 0. The zero-order valence-electron chi connectivity index (χ0n) is 7.04. The Morgan fingerprint density at radius 1 is 1.54 bits per heavy atom. The van der Waals surface area contributed by atoms with E-state index < -0.39 is 0 Å². The van der Waals surface area contributed by atoms with Crippen LogP contribution in [0.25, 0.3) is 0 Å². The van der Waals surface area contributed by atoms with Crippen molar-refractivity contribution in [1.82, 2.24) is 15.5 Å². The molecule has 0 radical (unpaired) electrons. The second-order valence-corrected chi connectivity index (χ2v) is 3.02. The third kappa shape index (κ3) is 3.52. The van der Waals surface area contributed by atoms with Crippen molar-refractivity contribution >= 4 is 34.7 Å². The highest BCUT2D eigenvalue weighted by molar-refractivity contribution is 7.80. The number of thiocarbonyl (C=S) groups is 1. The van der Waals surface area contributed by atoms with E-state index in [-0.39, 0.29) is 0 Å². The Morgan fingerprint density at radius 3 is 2.85 bits per heavy atom. The molecule has 0 saturated carbocycles. The lowest BCUT2D eigenvalue weighted by molar-refractivity contribution is 0.972. The maximum absolute atomic E-state index is 5.56. The van der Waals surface area contributed by atoms with Gasteiger partial charge < -0.3 is 10.6 Å². The highest BCUT2D eigenvalue weighted by Gasteiger charge is 1.97. The maximum atomic E-state index is 5.56. The van der Waals surface area contributed by atoms with E-state index in [9.17, 15) is 0 Å². The molecule has 1 rings (SSSR count). The molecular formula is C7H9ClN4S. The standard InChI is InChI=1S/C7H9ClN4S/c1-2-9-7(13)10-6-4-3-5(8)11-12-6/h3-4H,2H2,1H3,(H2,9,10,12,13). The van der Waals surface area contributed by atoms with E-state index in [1.807, 2.05) is 6.92 Å². The SMILES string of the molecule is CCNC(=S)Nc1ccc(Cl)nn1. The Bertz CT molecular complexity index is 287. The first-order chi connectivity index (χ1) is 6.22. The van der Waals surface area contributed by atoms with Crippen molar-refractivity contribution in [3.05, 3.63) is 17.3 Å². The van der Waals surface area contributed by atoms with E-state index in [1.54, 1.807) is 12.1 Å². The molecule has 2 N–H and O–H groups in total. The molecule has 1 aromatic heterocycles. The Balaban J connectivity index is 2.54. The minimum absolute atomic E-state index is 0.361. The first-order valence-corrected chi connectivity index (χ1v) is 4.55. The Labute approximate surface area is 86.7 Å². The van der Waals surface area contributed by atoms with Gasteiger partial charge in [0.2, 0.25) is 0 Å². The molecule has 1 aromatic rings. The highest BCUT2D eigenvalue weighted by atomic mass is 35.5. The van der Waals surface area contributed by atoms with Gasteiger partial charge in [-0.3, -0.25) is 0 Å². The van der Waals surface area contributed by atoms with Crippen molar-refractivity contribution in [1.29, 1.82) is 0 Å². The average Bonchev–Trinajstić information content (AvgIpc) is 2.09. The Hall–Kier alpha value is -0.940. The second-order valence-electron chi connectivity index (χ2n) is 2.23. The van der Waals surface area contributed by atoms with Gasteiger partial charge in [-0.1, -0.05) is 11.6 Å². The van der Waals surface area contributed by atoms with Crippen LogP contribution in [0.3, 0.4) is 0 Å². The molecule has 0 aliphatic heterocycles. The molecule has 1 heterocycles. The van der Waals surface area contributed by atoms with E-state index in [1.165, 1.54) is 0 Å².